The maximum atomic E-state index is 12.6. The molecule has 2 rings (SSSR count). The van der Waals surface area contributed by atoms with Crippen molar-refractivity contribution in [3.63, 3.8) is 0 Å². The van der Waals surface area contributed by atoms with Crippen molar-refractivity contribution in [1.82, 2.24) is 5.32 Å². The molecule has 0 spiro atoms. The summed E-state index contributed by atoms with van der Waals surface area (Å²) in [6, 6.07) is 15.1. The van der Waals surface area contributed by atoms with Crippen LogP contribution in [0.2, 0.25) is 0 Å². The van der Waals surface area contributed by atoms with Gasteiger partial charge in [0, 0.05) is 19.2 Å². The van der Waals surface area contributed by atoms with Gasteiger partial charge < -0.3 is 20.5 Å². The first kappa shape index (κ1) is 20.9. The highest BCUT2D eigenvalue weighted by Crippen LogP contribution is 2.19. The van der Waals surface area contributed by atoms with E-state index in [0.717, 1.165) is 5.56 Å². The Morgan fingerprint density at radius 2 is 1.70 bits per heavy atom. The minimum atomic E-state index is -0.263. The van der Waals surface area contributed by atoms with Crippen molar-refractivity contribution < 1.29 is 14.3 Å². The quantitative estimate of drug-likeness (QED) is 0.626. The average Bonchev–Trinajstić information content (AvgIpc) is 2.69. The van der Waals surface area contributed by atoms with Gasteiger partial charge in [0.15, 0.2) is 0 Å². The van der Waals surface area contributed by atoms with Crippen LogP contribution in [0.4, 0.5) is 0 Å². The fourth-order valence-corrected chi connectivity index (χ4v) is 2.68. The van der Waals surface area contributed by atoms with Crippen molar-refractivity contribution in [2.45, 2.75) is 32.7 Å². The molecule has 0 saturated carbocycles. The van der Waals surface area contributed by atoms with Crippen molar-refractivity contribution in [3.8, 4) is 5.75 Å². The molecule has 146 valence electrons. The summed E-state index contributed by atoms with van der Waals surface area (Å²) in [5.74, 6) is 0.829. The van der Waals surface area contributed by atoms with Crippen LogP contribution in [-0.4, -0.2) is 32.3 Å². The summed E-state index contributed by atoms with van der Waals surface area (Å²) in [6.07, 6.45) is 0. The van der Waals surface area contributed by atoms with Crippen LogP contribution in [0.5, 0.6) is 5.75 Å². The second kappa shape index (κ2) is 10.7. The average molecular weight is 370 g/mol. The molecule has 0 fully saturated rings. The maximum absolute atomic E-state index is 12.6. The van der Waals surface area contributed by atoms with Crippen LogP contribution in [0, 0.1) is 0 Å². The number of hydrogen-bond acceptors (Lipinski definition) is 4. The van der Waals surface area contributed by atoms with Crippen LogP contribution in [0.3, 0.4) is 0 Å². The van der Waals surface area contributed by atoms with Crippen molar-refractivity contribution in [2.24, 2.45) is 5.73 Å². The Kier molecular flexibility index (Phi) is 8.30. The van der Waals surface area contributed by atoms with Gasteiger partial charge in [0.05, 0.1) is 12.2 Å². The predicted molar refractivity (Wildman–Crippen MR) is 108 cm³/mol. The summed E-state index contributed by atoms with van der Waals surface area (Å²) >= 11 is 0. The monoisotopic (exact) mass is 370 g/mol. The molecule has 1 atom stereocenters. The van der Waals surface area contributed by atoms with Crippen LogP contribution in [-0.2, 0) is 4.74 Å². The van der Waals surface area contributed by atoms with E-state index < -0.39 is 0 Å². The first-order valence-corrected chi connectivity index (χ1v) is 9.46. The van der Waals surface area contributed by atoms with Crippen LogP contribution in [0.1, 0.15) is 54.2 Å². The van der Waals surface area contributed by atoms with E-state index in [9.17, 15) is 4.79 Å². The third kappa shape index (κ3) is 6.38. The standard InChI is InChI=1S/C22H30N2O3/c1-4-26-13-14-27-21-8-6-5-7-19(21)22(25)24-15-20(23)18-11-9-17(10-12-18)16(2)3/h5-12,16,20H,4,13-15,23H2,1-3H3,(H,24,25). The number of hydrogen-bond donors (Lipinski definition) is 2. The van der Waals surface area contributed by atoms with E-state index in [-0.39, 0.29) is 11.9 Å². The lowest BCUT2D eigenvalue weighted by Crippen LogP contribution is -2.32. The van der Waals surface area contributed by atoms with E-state index in [1.165, 1.54) is 5.56 Å². The second-order valence-electron chi connectivity index (χ2n) is 6.68. The van der Waals surface area contributed by atoms with Gasteiger partial charge in [-0.1, -0.05) is 50.2 Å². The number of rotatable bonds is 10. The van der Waals surface area contributed by atoms with Gasteiger partial charge in [-0.25, -0.2) is 0 Å². The topological polar surface area (TPSA) is 73.6 Å². The van der Waals surface area contributed by atoms with Crippen molar-refractivity contribution >= 4 is 5.91 Å². The zero-order valence-electron chi connectivity index (χ0n) is 16.4. The number of nitrogens with two attached hydrogens (primary N) is 1. The normalized spacial score (nSPS) is 12.0. The lowest BCUT2D eigenvalue weighted by atomic mass is 9.99. The number of para-hydroxylation sites is 1. The van der Waals surface area contributed by atoms with Crippen molar-refractivity contribution in [1.29, 1.82) is 0 Å². The minimum absolute atomic E-state index is 0.198. The van der Waals surface area contributed by atoms with E-state index in [4.69, 9.17) is 15.2 Å². The molecular formula is C22H30N2O3. The van der Waals surface area contributed by atoms with Gasteiger partial charge in [-0.15, -0.1) is 0 Å². The third-order valence-electron chi connectivity index (χ3n) is 4.33. The fraction of sp³-hybridized carbons (Fsp3) is 0.409. The Hall–Kier alpha value is -2.37. The van der Waals surface area contributed by atoms with Crippen LogP contribution in [0.25, 0.3) is 0 Å². The SMILES string of the molecule is CCOCCOc1ccccc1C(=O)NCC(N)c1ccc(C(C)C)cc1. The van der Waals surface area contributed by atoms with Gasteiger partial charge in [0.1, 0.15) is 12.4 Å². The molecule has 0 aromatic heterocycles. The number of carbonyl (C=O) groups is 1. The molecule has 0 aliphatic carbocycles. The van der Waals surface area contributed by atoms with Crippen molar-refractivity contribution in [3.05, 3.63) is 65.2 Å². The Balaban J connectivity index is 1.93. The van der Waals surface area contributed by atoms with E-state index in [1.54, 1.807) is 12.1 Å². The zero-order valence-corrected chi connectivity index (χ0v) is 16.4. The first-order valence-electron chi connectivity index (χ1n) is 9.46. The molecule has 27 heavy (non-hydrogen) atoms. The Labute approximate surface area is 161 Å². The summed E-state index contributed by atoms with van der Waals surface area (Å²) in [5, 5.41) is 2.90. The van der Waals surface area contributed by atoms with Crippen LogP contribution < -0.4 is 15.8 Å². The molecule has 0 heterocycles. The zero-order chi connectivity index (χ0) is 19.6. The van der Waals surface area contributed by atoms with E-state index in [0.29, 0.717) is 43.6 Å². The molecule has 2 aromatic carbocycles. The number of amides is 1. The largest absolute Gasteiger partial charge is 0.490 e. The minimum Gasteiger partial charge on any atom is -0.490 e. The van der Waals surface area contributed by atoms with Crippen molar-refractivity contribution in [2.75, 3.05) is 26.4 Å². The Morgan fingerprint density at radius 1 is 1.04 bits per heavy atom. The van der Waals surface area contributed by atoms with Gasteiger partial charge in [0.2, 0.25) is 0 Å². The van der Waals surface area contributed by atoms with Gasteiger partial charge in [-0.3, -0.25) is 4.79 Å². The molecule has 1 amide bonds. The van der Waals surface area contributed by atoms with E-state index in [1.807, 2.05) is 31.2 Å². The third-order valence-corrected chi connectivity index (χ3v) is 4.33. The smallest absolute Gasteiger partial charge is 0.255 e. The van der Waals surface area contributed by atoms with Gasteiger partial charge >= 0.3 is 0 Å². The van der Waals surface area contributed by atoms with Gasteiger partial charge in [-0.05, 0) is 36.1 Å². The molecule has 0 aliphatic heterocycles. The highest BCUT2D eigenvalue weighted by Gasteiger charge is 2.14. The van der Waals surface area contributed by atoms with Gasteiger partial charge in [-0.2, -0.15) is 0 Å². The van der Waals surface area contributed by atoms with E-state index >= 15 is 0 Å². The molecule has 0 bridgehead atoms. The molecule has 3 N–H and O–H groups in total. The molecule has 0 aliphatic rings. The highest BCUT2D eigenvalue weighted by atomic mass is 16.5. The highest BCUT2D eigenvalue weighted by molar-refractivity contribution is 5.96. The second-order valence-corrected chi connectivity index (χ2v) is 6.68. The Bertz CT molecular complexity index is 714. The molecular weight excluding hydrogens is 340 g/mol. The molecule has 1 unspecified atom stereocenters. The summed E-state index contributed by atoms with van der Waals surface area (Å²) in [5.41, 5.74) is 9.01. The van der Waals surface area contributed by atoms with Crippen LogP contribution >= 0.6 is 0 Å². The molecule has 2 aromatic rings. The van der Waals surface area contributed by atoms with Crippen LogP contribution in [0.15, 0.2) is 48.5 Å². The molecule has 5 heteroatoms. The molecule has 5 nitrogen and oxygen atoms in total. The number of carbonyl (C=O) groups excluding carboxylic acids is 1. The number of ether oxygens (including phenoxy) is 2. The van der Waals surface area contributed by atoms with Gasteiger partial charge in [0.25, 0.3) is 5.91 Å². The summed E-state index contributed by atoms with van der Waals surface area (Å²) in [6.45, 7) is 8.13. The lowest BCUT2D eigenvalue weighted by molar-refractivity contribution is 0.0934. The fourth-order valence-electron chi connectivity index (χ4n) is 2.68. The lowest BCUT2D eigenvalue weighted by Gasteiger charge is -2.16. The summed E-state index contributed by atoms with van der Waals surface area (Å²) < 4.78 is 10.9. The van der Waals surface area contributed by atoms with E-state index in [2.05, 4.69) is 31.3 Å². The maximum Gasteiger partial charge on any atom is 0.255 e. The number of benzene rings is 2. The summed E-state index contributed by atoms with van der Waals surface area (Å²) in [4.78, 5) is 12.6. The number of nitrogens with one attached hydrogen (secondary N) is 1. The molecule has 0 saturated heterocycles. The summed E-state index contributed by atoms with van der Waals surface area (Å²) in [7, 11) is 0. The molecule has 0 radical (unpaired) electrons. The first-order chi connectivity index (χ1) is 13.0. The Morgan fingerprint density at radius 3 is 2.37 bits per heavy atom. The predicted octanol–water partition coefficient (Wildman–Crippen LogP) is 3.66.